The standard InChI is InChI=1S/C14H18ClNO4/c1-3-4-7-20-9-13(17)16-12-8-10(14(18)19-2)5-6-11(12)15/h5-6,8H,3-4,7,9H2,1-2H3,(H,16,17). The minimum Gasteiger partial charge on any atom is -0.465 e. The molecule has 1 amide bonds. The molecule has 0 atom stereocenters. The van der Waals surface area contributed by atoms with Gasteiger partial charge in [0, 0.05) is 6.61 Å². The SMILES string of the molecule is CCCCOCC(=O)Nc1cc(C(=O)OC)ccc1Cl. The smallest absolute Gasteiger partial charge is 0.337 e. The molecular weight excluding hydrogens is 282 g/mol. The molecule has 1 aromatic rings. The van der Waals surface area contributed by atoms with Gasteiger partial charge in [0.25, 0.3) is 0 Å². The number of ether oxygens (including phenoxy) is 2. The molecule has 0 aliphatic carbocycles. The summed E-state index contributed by atoms with van der Waals surface area (Å²) in [7, 11) is 1.29. The summed E-state index contributed by atoms with van der Waals surface area (Å²) >= 11 is 5.96. The maximum Gasteiger partial charge on any atom is 0.337 e. The molecule has 1 N–H and O–H groups in total. The van der Waals surface area contributed by atoms with E-state index in [0.29, 0.717) is 22.9 Å². The molecule has 0 aromatic heterocycles. The number of rotatable bonds is 7. The highest BCUT2D eigenvalue weighted by molar-refractivity contribution is 6.33. The maximum atomic E-state index is 11.7. The van der Waals surface area contributed by atoms with Crippen LogP contribution in [0.3, 0.4) is 0 Å². The number of carbonyl (C=O) groups is 2. The molecule has 0 heterocycles. The van der Waals surface area contributed by atoms with Crippen molar-refractivity contribution in [1.29, 1.82) is 0 Å². The molecule has 5 nitrogen and oxygen atoms in total. The number of hydrogen-bond acceptors (Lipinski definition) is 4. The van der Waals surface area contributed by atoms with E-state index in [2.05, 4.69) is 10.1 Å². The van der Waals surface area contributed by atoms with E-state index in [1.165, 1.54) is 25.3 Å². The predicted octanol–water partition coefficient (Wildman–Crippen LogP) is 2.88. The number of nitrogens with one attached hydrogen (secondary N) is 1. The first-order valence-electron chi connectivity index (χ1n) is 6.34. The third-order valence-corrected chi connectivity index (χ3v) is 2.87. The summed E-state index contributed by atoms with van der Waals surface area (Å²) in [4.78, 5) is 23.1. The fourth-order valence-corrected chi connectivity index (χ4v) is 1.63. The quantitative estimate of drug-likeness (QED) is 0.621. The monoisotopic (exact) mass is 299 g/mol. The van der Waals surface area contributed by atoms with E-state index in [1.807, 2.05) is 6.92 Å². The van der Waals surface area contributed by atoms with Crippen molar-refractivity contribution in [2.45, 2.75) is 19.8 Å². The van der Waals surface area contributed by atoms with Crippen molar-refractivity contribution in [2.75, 3.05) is 25.6 Å². The van der Waals surface area contributed by atoms with Crippen LogP contribution in [-0.4, -0.2) is 32.2 Å². The molecule has 0 saturated heterocycles. The summed E-state index contributed by atoms with van der Waals surface area (Å²) in [5, 5.41) is 2.95. The Balaban J connectivity index is 2.62. The Morgan fingerprint density at radius 2 is 2.10 bits per heavy atom. The van der Waals surface area contributed by atoms with Crippen LogP contribution in [0.5, 0.6) is 0 Å². The fraction of sp³-hybridized carbons (Fsp3) is 0.429. The van der Waals surface area contributed by atoms with Crippen molar-refractivity contribution in [3.63, 3.8) is 0 Å². The molecule has 20 heavy (non-hydrogen) atoms. The lowest BCUT2D eigenvalue weighted by Crippen LogP contribution is -2.19. The van der Waals surface area contributed by atoms with Gasteiger partial charge in [-0.15, -0.1) is 0 Å². The Morgan fingerprint density at radius 3 is 2.75 bits per heavy atom. The van der Waals surface area contributed by atoms with Crippen molar-refractivity contribution in [3.8, 4) is 0 Å². The van der Waals surface area contributed by atoms with Gasteiger partial charge in [-0.2, -0.15) is 0 Å². The summed E-state index contributed by atoms with van der Waals surface area (Å²) in [5.74, 6) is -0.804. The number of anilines is 1. The van der Waals surface area contributed by atoms with Gasteiger partial charge in [-0.3, -0.25) is 4.79 Å². The van der Waals surface area contributed by atoms with Crippen LogP contribution in [0.25, 0.3) is 0 Å². The number of esters is 1. The third kappa shape index (κ3) is 5.19. The van der Waals surface area contributed by atoms with Gasteiger partial charge in [-0.05, 0) is 24.6 Å². The number of methoxy groups -OCH3 is 1. The number of benzene rings is 1. The molecule has 1 rings (SSSR count). The maximum absolute atomic E-state index is 11.7. The molecular formula is C14H18ClNO4. The van der Waals surface area contributed by atoms with E-state index in [1.54, 1.807) is 0 Å². The molecule has 0 aliphatic rings. The highest BCUT2D eigenvalue weighted by atomic mass is 35.5. The van der Waals surface area contributed by atoms with Gasteiger partial charge >= 0.3 is 5.97 Å². The van der Waals surface area contributed by atoms with Gasteiger partial charge in [0.05, 0.1) is 23.4 Å². The normalized spacial score (nSPS) is 10.2. The van der Waals surface area contributed by atoms with Crippen LogP contribution in [-0.2, 0) is 14.3 Å². The van der Waals surface area contributed by atoms with Crippen molar-refractivity contribution in [2.24, 2.45) is 0 Å². The molecule has 6 heteroatoms. The number of amides is 1. The van der Waals surface area contributed by atoms with Crippen LogP contribution in [0.2, 0.25) is 5.02 Å². The Hall–Kier alpha value is -1.59. The van der Waals surface area contributed by atoms with Crippen molar-refractivity contribution in [1.82, 2.24) is 0 Å². The molecule has 0 unspecified atom stereocenters. The van der Waals surface area contributed by atoms with Gasteiger partial charge in [-0.1, -0.05) is 24.9 Å². The van der Waals surface area contributed by atoms with E-state index in [4.69, 9.17) is 16.3 Å². The van der Waals surface area contributed by atoms with E-state index in [9.17, 15) is 9.59 Å². The van der Waals surface area contributed by atoms with Gasteiger partial charge in [0.15, 0.2) is 0 Å². The van der Waals surface area contributed by atoms with E-state index >= 15 is 0 Å². The second kappa shape index (κ2) is 8.55. The van der Waals surface area contributed by atoms with Crippen molar-refractivity contribution < 1.29 is 19.1 Å². The molecule has 1 aromatic carbocycles. The number of hydrogen-bond donors (Lipinski definition) is 1. The molecule has 110 valence electrons. The number of halogens is 1. The van der Waals surface area contributed by atoms with E-state index in [-0.39, 0.29) is 12.5 Å². The van der Waals surface area contributed by atoms with Crippen LogP contribution >= 0.6 is 11.6 Å². The van der Waals surface area contributed by atoms with Crippen molar-refractivity contribution >= 4 is 29.2 Å². The summed E-state index contributed by atoms with van der Waals surface area (Å²) < 4.78 is 9.81. The highest BCUT2D eigenvalue weighted by Gasteiger charge is 2.11. The highest BCUT2D eigenvalue weighted by Crippen LogP contribution is 2.23. The molecule has 0 radical (unpaired) electrons. The summed E-state index contributed by atoms with van der Waals surface area (Å²) in [6.45, 7) is 2.54. The topological polar surface area (TPSA) is 64.6 Å². The zero-order valence-corrected chi connectivity index (χ0v) is 12.3. The van der Waals surface area contributed by atoms with Gasteiger partial charge < -0.3 is 14.8 Å². The predicted molar refractivity (Wildman–Crippen MR) is 77.1 cm³/mol. The number of carbonyl (C=O) groups excluding carboxylic acids is 2. The average molecular weight is 300 g/mol. The first-order valence-corrected chi connectivity index (χ1v) is 6.71. The Bertz CT molecular complexity index is 476. The Morgan fingerprint density at radius 1 is 1.35 bits per heavy atom. The largest absolute Gasteiger partial charge is 0.465 e. The van der Waals surface area contributed by atoms with Crippen LogP contribution in [0.1, 0.15) is 30.1 Å². The molecule has 0 saturated carbocycles. The second-order valence-corrected chi connectivity index (χ2v) is 4.55. The minimum atomic E-state index is -0.489. The summed E-state index contributed by atoms with van der Waals surface area (Å²) in [5.41, 5.74) is 0.678. The van der Waals surface area contributed by atoms with Crippen LogP contribution in [0, 0.1) is 0 Å². The van der Waals surface area contributed by atoms with Gasteiger partial charge in [0.2, 0.25) is 5.91 Å². The molecule has 0 aliphatic heterocycles. The fourth-order valence-electron chi connectivity index (χ4n) is 1.46. The summed E-state index contributed by atoms with van der Waals surface area (Å²) in [6.07, 6.45) is 1.92. The lowest BCUT2D eigenvalue weighted by Gasteiger charge is -2.09. The Kier molecular flexibility index (Phi) is 7.04. The van der Waals surface area contributed by atoms with Crippen molar-refractivity contribution in [3.05, 3.63) is 28.8 Å². The zero-order chi connectivity index (χ0) is 15.0. The molecule has 0 spiro atoms. The first kappa shape index (κ1) is 16.5. The number of unbranched alkanes of at least 4 members (excludes halogenated alkanes) is 1. The van der Waals surface area contributed by atoms with E-state index < -0.39 is 5.97 Å². The zero-order valence-electron chi connectivity index (χ0n) is 11.6. The minimum absolute atomic E-state index is 0.0429. The van der Waals surface area contributed by atoms with Gasteiger partial charge in [0.1, 0.15) is 6.61 Å². The molecule has 0 bridgehead atoms. The third-order valence-electron chi connectivity index (χ3n) is 2.54. The van der Waals surface area contributed by atoms with Crippen LogP contribution in [0.4, 0.5) is 5.69 Å². The van der Waals surface area contributed by atoms with E-state index in [0.717, 1.165) is 12.8 Å². The van der Waals surface area contributed by atoms with Gasteiger partial charge in [-0.25, -0.2) is 4.79 Å². The second-order valence-electron chi connectivity index (χ2n) is 4.14. The Labute approximate surface area is 123 Å². The van der Waals surface area contributed by atoms with Crippen LogP contribution in [0.15, 0.2) is 18.2 Å². The average Bonchev–Trinajstić information content (AvgIpc) is 2.45. The molecule has 0 fully saturated rings. The lowest BCUT2D eigenvalue weighted by atomic mass is 10.2. The lowest BCUT2D eigenvalue weighted by molar-refractivity contribution is -0.120. The van der Waals surface area contributed by atoms with Crippen LogP contribution < -0.4 is 5.32 Å². The summed E-state index contributed by atoms with van der Waals surface area (Å²) in [6, 6.07) is 4.53. The first-order chi connectivity index (χ1) is 9.58.